The van der Waals surface area contributed by atoms with Gasteiger partial charge in [0.1, 0.15) is 31.5 Å². The van der Waals surface area contributed by atoms with Crippen LogP contribution in [0.3, 0.4) is 0 Å². The van der Waals surface area contributed by atoms with Crippen molar-refractivity contribution in [1.29, 1.82) is 0 Å². The molecule has 0 radical (unpaired) electrons. The van der Waals surface area contributed by atoms with Crippen LogP contribution in [0.1, 0.15) is 35.2 Å². The van der Waals surface area contributed by atoms with E-state index in [9.17, 15) is 33.3 Å². The van der Waals surface area contributed by atoms with E-state index in [-0.39, 0.29) is 170 Å². The number of benzene rings is 1. The van der Waals surface area contributed by atoms with Crippen molar-refractivity contribution in [2.45, 2.75) is 37.6 Å². The molecule has 0 fully saturated rings. The number of amides is 3. The second-order valence-corrected chi connectivity index (χ2v) is 21.3. The van der Waals surface area contributed by atoms with Gasteiger partial charge in [0.2, 0.25) is 11.8 Å². The number of nitrogens with zero attached hydrogens (tertiary/aromatic N) is 1. The van der Waals surface area contributed by atoms with Gasteiger partial charge in [0.05, 0.1) is 204 Å². The molecule has 90 heavy (non-hydrogen) atoms. The average molecular weight is 1350 g/mol. The van der Waals surface area contributed by atoms with E-state index in [0.29, 0.717) is 84.4 Å². The van der Waals surface area contributed by atoms with Crippen molar-refractivity contribution in [3.8, 4) is 0 Å². The highest BCUT2D eigenvalue weighted by atomic mass is 31.2. The Morgan fingerprint density at radius 2 is 0.811 bits per heavy atom. The van der Waals surface area contributed by atoms with E-state index < -0.39 is 46.5 Å². The Hall–Kier alpha value is -3.36. The van der Waals surface area contributed by atoms with Crippen LogP contribution in [0.4, 0.5) is 0 Å². The number of hydrogen-bond donors (Lipinski definition) is 5. The molecule has 1 rings (SSSR count). The van der Waals surface area contributed by atoms with E-state index in [4.69, 9.17) is 103 Å². The molecule has 2 unspecified atom stereocenters. The van der Waals surface area contributed by atoms with Gasteiger partial charge < -0.3 is 111 Å². The number of oxime groups is 1. The quantitative estimate of drug-likeness (QED) is 0.0263. The molecule has 5 N–H and O–H groups in total. The number of unbranched alkanes of at least 4 members (excludes halogenated alkanes) is 1. The molecule has 526 valence electrons. The van der Waals surface area contributed by atoms with Gasteiger partial charge in [-0.1, -0.05) is 17.3 Å². The molecule has 0 saturated carbocycles. The van der Waals surface area contributed by atoms with Crippen molar-refractivity contribution in [1.82, 2.24) is 16.0 Å². The predicted molar refractivity (Wildman–Crippen MR) is 322 cm³/mol. The minimum Gasteiger partial charge on any atom is -0.396 e. The van der Waals surface area contributed by atoms with E-state index in [1.165, 1.54) is 6.21 Å². The molecular formula is C55H102N4O29P2. The summed E-state index contributed by atoms with van der Waals surface area (Å²) in [5.74, 6) is -0.941. The van der Waals surface area contributed by atoms with E-state index >= 15 is 0 Å². The molecule has 3 amide bonds. The molecule has 0 heterocycles. The monoisotopic (exact) mass is 1340 g/mol. The van der Waals surface area contributed by atoms with Crippen LogP contribution >= 0.6 is 15.6 Å². The Morgan fingerprint density at radius 3 is 1.20 bits per heavy atom. The molecule has 0 aromatic heterocycles. The van der Waals surface area contributed by atoms with Crippen LogP contribution in [0.25, 0.3) is 0 Å². The molecule has 0 saturated heterocycles. The number of nitrogens with one attached hydrogen (secondary N) is 3. The van der Waals surface area contributed by atoms with Crippen molar-refractivity contribution in [2.24, 2.45) is 5.16 Å². The molecule has 33 nitrogen and oxygen atoms in total. The van der Waals surface area contributed by atoms with Crippen LogP contribution in [-0.2, 0) is 122 Å². The van der Waals surface area contributed by atoms with E-state index in [2.05, 4.69) is 21.1 Å². The van der Waals surface area contributed by atoms with Crippen LogP contribution in [0, 0.1) is 0 Å². The third-order valence-electron chi connectivity index (χ3n) is 11.1. The lowest BCUT2D eigenvalue weighted by Crippen LogP contribution is -2.36. The molecule has 0 aliphatic rings. The maximum absolute atomic E-state index is 12.8. The fourth-order valence-corrected chi connectivity index (χ4v) is 8.31. The lowest BCUT2D eigenvalue weighted by atomic mass is 10.1. The third kappa shape index (κ3) is 54.1. The summed E-state index contributed by atoms with van der Waals surface area (Å²) in [4.78, 5) is 63.1. The van der Waals surface area contributed by atoms with Crippen LogP contribution in [0.5, 0.6) is 0 Å². The SMILES string of the molecule is CNC(=O)c1ccc(/C=N/OCCCCNC(=O)CCNC(=O)COC(COCCOCCOP(=O)(O)OC(COCCOCCOC)COCCOCCOC)COCCOCCOP(=O)(O)OC(COCCOCCOC)COCCOCCOC)cc1. The van der Waals surface area contributed by atoms with Gasteiger partial charge in [-0.05, 0) is 30.5 Å². The Morgan fingerprint density at radius 1 is 0.456 bits per heavy atom. The first-order valence-corrected chi connectivity index (χ1v) is 32.6. The molecule has 0 bridgehead atoms. The molecule has 0 aliphatic carbocycles. The zero-order valence-electron chi connectivity index (χ0n) is 53.0. The summed E-state index contributed by atoms with van der Waals surface area (Å²) in [7, 11) is -1.37. The van der Waals surface area contributed by atoms with E-state index in [1.807, 2.05) is 0 Å². The number of carbonyl (C=O) groups is 3. The smallest absolute Gasteiger partial charge is 0.396 e. The van der Waals surface area contributed by atoms with Gasteiger partial charge in [0, 0.05) is 60.6 Å². The molecule has 1 aromatic carbocycles. The van der Waals surface area contributed by atoms with Gasteiger partial charge in [-0.2, -0.15) is 0 Å². The summed E-state index contributed by atoms with van der Waals surface area (Å²) >= 11 is 0. The zero-order valence-corrected chi connectivity index (χ0v) is 54.8. The zero-order chi connectivity index (χ0) is 65.7. The molecule has 1 aromatic rings. The summed E-state index contributed by atoms with van der Waals surface area (Å²) in [6, 6.07) is 6.86. The summed E-state index contributed by atoms with van der Waals surface area (Å²) in [5.41, 5.74) is 1.30. The van der Waals surface area contributed by atoms with Crippen molar-refractivity contribution >= 4 is 39.6 Å². The summed E-state index contributed by atoms with van der Waals surface area (Å²) in [6.07, 6.45) is 0.124. The number of phosphoric ester groups is 2. The maximum atomic E-state index is 12.8. The first-order valence-electron chi connectivity index (χ1n) is 29.6. The van der Waals surface area contributed by atoms with Gasteiger partial charge in [0.25, 0.3) is 5.91 Å². The molecule has 0 spiro atoms. The van der Waals surface area contributed by atoms with Gasteiger partial charge in [0.15, 0.2) is 0 Å². The minimum atomic E-state index is -4.59. The summed E-state index contributed by atoms with van der Waals surface area (Å²) in [6.45, 7) is 4.35. The van der Waals surface area contributed by atoms with Crippen LogP contribution in [0.2, 0.25) is 0 Å². The number of rotatable bonds is 68. The van der Waals surface area contributed by atoms with Gasteiger partial charge >= 0.3 is 15.6 Å². The number of hydrogen-bond acceptors (Lipinski definition) is 28. The van der Waals surface area contributed by atoms with Crippen molar-refractivity contribution in [3.05, 3.63) is 35.4 Å². The average Bonchev–Trinajstić information content (AvgIpc) is 3.72. The fourth-order valence-electron chi connectivity index (χ4n) is 6.58. The normalized spacial score (nSPS) is 13.5. The van der Waals surface area contributed by atoms with Crippen LogP contribution < -0.4 is 16.0 Å². The van der Waals surface area contributed by atoms with Crippen LogP contribution in [-0.4, -0.2) is 312 Å². The Labute approximate surface area is 528 Å². The summed E-state index contributed by atoms with van der Waals surface area (Å²) in [5, 5.41) is 11.9. The largest absolute Gasteiger partial charge is 0.472 e. The Kier molecular flexibility index (Phi) is 57.0. The third-order valence-corrected chi connectivity index (χ3v) is 13.2. The van der Waals surface area contributed by atoms with Crippen molar-refractivity contribution in [3.63, 3.8) is 0 Å². The second-order valence-electron chi connectivity index (χ2n) is 18.5. The Bertz CT molecular complexity index is 1860. The highest BCUT2D eigenvalue weighted by Crippen LogP contribution is 2.45. The van der Waals surface area contributed by atoms with Gasteiger partial charge in [-0.3, -0.25) is 32.5 Å². The lowest BCUT2D eigenvalue weighted by Gasteiger charge is -2.21. The van der Waals surface area contributed by atoms with Gasteiger partial charge in [-0.25, -0.2) is 9.13 Å². The van der Waals surface area contributed by atoms with Gasteiger partial charge in [-0.15, -0.1) is 0 Å². The van der Waals surface area contributed by atoms with E-state index in [0.717, 1.165) is 5.56 Å². The fraction of sp³-hybridized carbons (Fsp3) is 0.818. The highest BCUT2D eigenvalue weighted by Gasteiger charge is 2.29. The topological polar surface area (TPSA) is 377 Å². The molecule has 2 atom stereocenters. The Balaban J connectivity index is 2.64. The summed E-state index contributed by atoms with van der Waals surface area (Å²) < 4.78 is 139. The first kappa shape index (κ1) is 84.7. The lowest BCUT2D eigenvalue weighted by molar-refractivity contribution is -0.132. The minimum absolute atomic E-state index is 0.0235. The van der Waals surface area contributed by atoms with Crippen LogP contribution in [0.15, 0.2) is 29.4 Å². The maximum Gasteiger partial charge on any atom is 0.472 e. The highest BCUT2D eigenvalue weighted by molar-refractivity contribution is 7.47. The predicted octanol–water partition coefficient (Wildman–Crippen LogP) is 0.974. The number of carbonyl (C=O) groups excluding carboxylic acids is 3. The molecule has 35 heteroatoms. The second kappa shape index (κ2) is 60.6. The number of ether oxygens (including phenoxy) is 17. The number of methoxy groups -OCH3 is 4. The molecular weight excluding hydrogens is 1240 g/mol. The van der Waals surface area contributed by atoms with Crippen molar-refractivity contribution in [2.75, 3.05) is 260 Å². The van der Waals surface area contributed by atoms with Crippen molar-refractivity contribution < 1.29 is 137 Å². The molecule has 0 aliphatic heterocycles. The standard InChI is InChI=1S/C55H102N4O29P2/c1-56-55(62)49-10-8-48(9-11-49)40-59-84-15-7-6-13-57-53(60)12-14-58-54(61)47-83-50(41-77-30-28-75-36-38-85-89(63,64)87-51(43-79-32-24-71-20-16-67-2)44-80-33-25-72-21-17-68-3)42-78-31-29-76-37-39-86-90(65,66)88-52(45-81-34-26-73-22-18-69-4)46-82-35-27-74-23-19-70-5/h8-11,40,50-52H,6-7,12-39,41-47H2,1-5H3,(H,56,62)(H,57,60)(H,58,61)(H,63,64)(H,65,66)/b59-40+. The number of phosphoric acid groups is 2. The van der Waals surface area contributed by atoms with E-state index in [1.54, 1.807) is 59.8 Å². The first-order chi connectivity index (χ1) is 43.8.